The van der Waals surface area contributed by atoms with Crippen LogP contribution in [0.3, 0.4) is 0 Å². The molecule has 0 aliphatic heterocycles. The van der Waals surface area contributed by atoms with Crippen LogP contribution in [0, 0.1) is 0 Å². The van der Waals surface area contributed by atoms with Crippen molar-refractivity contribution in [1.82, 2.24) is 0 Å². The second-order valence-electron chi connectivity index (χ2n) is 4.77. The number of halogens is 3. The first kappa shape index (κ1) is 18.3. The molecular formula is C18H15F3O2Se. The predicted octanol–water partition coefficient (Wildman–Crippen LogP) is 3.64. The molecular weight excluding hydrogens is 384 g/mol. The number of hydrogen-bond acceptors (Lipinski definition) is 2. The molecule has 0 amide bonds. The Balaban J connectivity index is 2.35. The molecule has 0 saturated heterocycles. The SMILES string of the molecule is CCOC(=O)C(=Cc1cccc(C(F)(F)F)c1)[Se]c1ccccc1. The van der Waals surface area contributed by atoms with Crippen molar-refractivity contribution in [2.24, 2.45) is 0 Å². The first-order chi connectivity index (χ1) is 11.4. The summed E-state index contributed by atoms with van der Waals surface area (Å²) in [4.78, 5) is 12.1. The van der Waals surface area contributed by atoms with Crippen LogP contribution < -0.4 is 4.46 Å². The van der Waals surface area contributed by atoms with Gasteiger partial charge in [0.2, 0.25) is 0 Å². The maximum atomic E-state index is 12.8. The fourth-order valence-electron chi connectivity index (χ4n) is 1.90. The Labute approximate surface area is 144 Å². The molecule has 0 saturated carbocycles. The van der Waals surface area contributed by atoms with Crippen LogP contribution in [0.2, 0.25) is 0 Å². The fraction of sp³-hybridized carbons (Fsp3) is 0.167. The quantitative estimate of drug-likeness (QED) is 0.436. The molecule has 2 aromatic carbocycles. The Kier molecular flexibility index (Phi) is 6.23. The van der Waals surface area contributed by atoms with Gasteiger partial charge in [0.25, 0.3) is 0 Å². The van der Waals surface area contributed by atoms with Gasteiger partial charge in [0, 0.05) is 0 Å². The zero-order valence-electron chi connectivity index (χ0n) is 12.8. The van der Waals surface area contributed by atoms with Crippen LogP contribution >= 0.6 is 0 Å². The van der Waals surface area contributed by atoms with Crippen LogP contribution in [-0.4, -0.2) is 27.5 Å². The zero-order valence-corrected chi connectivity index (χ0v) is 14.6. The van der Waals surface area contributed by atoms with E-state index in [1.54, 1.807) is 6.92 Å². The van der Waals surface area contributed by atoms with E-state index in [1.807, 2.05) is 30.3 Å². The number of hydrogen-bond donors (Lipinski definition) is 0. The minimum absolute atomic E-state index is 0.212. The molecule has 0 aliphatic rings. The normalized spacial score (nSPS) is 12.1. The van der Waals surface area contributed by atoms with E-state index in [0.717, 1.165) is 16.6 Å². The van der Waals surface area contributed by atoms with Crippen molar-refractivity contribution in [3.8, 4) is 0 Å². The number of benzene rings is 2. The van der Waals surface area contributed by atoms with E-state index in [2.05, 4.69) is 0 Å². The molecule has 2 nitrogen and oxygen atoms in total. The van der Waals surface area contributed by atoms with Crippen molar-refractivity contribution < 1.29 is 22.7 Å². The molecule has 0 aromatic heterocycles. The van der Waals surface area contributed by atoms with Gasteiger partial charge in [0.05, 0.1) is 0 Å². The summed E-state index contributed by atoms with van der Waals surface area (Å²) in [6, 6.07) is 14.2. The number of carbonyl (C=O) groups excluding carboxylic acids is 1. The summed E-state index contributed by atoms with van der Waals surface area (Å²) in [6.07, 6.45) is -2.95. The van der Waals surface area contributed by atoms with Gasteiger partial charge < -0.3 is 0 Å². The van der Waals surface area contributed by atoms with Crippen molar-refractivity contribution in [1.29, 1.82) is 0 Å². The van der Waals surface area contributed by atoms with Gasteiger partial charge in [-0.25, -0.2) is 0 Å². The van der Waals surface area contributed by atoms with Crippen molar-refractivity contribution in [3.63, 3.8) is 0 Å². The Morgan fingerprint density at radius 3 is 2.46 bits per heavy atom. The first-order valence-corrected chi connectivity index (χ1v) is 8.90. The van der Waals surface area contributed by atoms with Crippen LogP contribution in [0.4, 0.5) is 13.2 Å². The maximum absolute atomic E-state index is 12.8. The van der Waals surface area contributed by atoms with Crippen molar-refractivity contribution in [2.75, 3.05) is 6.61 Å². The molecule has 0 radical (unpaired) electrons. The average molecular weight is 399 g/mol. The van der Waals surface area contributed by atoms with E-state index >= 15 is 0 Å². The van der Waals surface area contributed by atoms with Gasteiger partial charge in [-0.05, 0) is 0 Å². The van der Waals surface area contributed by atoms with Gasteiger partial charge in [-0.15, -0.1) is 0 Å². The second kappa shape index (κ2) is 8.17. The second-order valence-corrected chi connectivity index (χ2v) is 7.11. The molecule has 0 N–H and O–H groups in total. The summed E-state index contributed by atoms with van der Waals surface area (Å²) in [5, 5.41) is 0. The molecule has 126 valence electrons. The molecule has 0 atom stereocenters. The van der Waals surface area contributed by atoms with Crippen LogP contribution in [0.25, 0.3) is 6.08 Å². The molecule has 0 heterocycles. The van der Waals surface area contributed by atoms with Crippen LogP contribution in [-0.2, 0) is 15.7 Å². The molecule has 0 aliphatic carbocycles. The standard InChI is InChI=1S/C18H15F3O2Se/c1-2-23-17(22)16(24-15-9-4-3-5-10-15)12-13-7-6-8-14(11-13)18(19,20)21/h3-12H,2H2,1H3. The number of alkyl halides is 3. The van der Waals surface area contributed by atoms with Crippen LogP contribution in [0.5, 0.6) is 0 Å². The molecule has 0 unspecified atom stereocenters. The molecule has 2 rings (SSSR count). The van der Waals surface area contributed by atoms with Crippen LogP contribution in [0.1, 0.15) is 18.1 Å². The molecule has 2 aromatic rings. The van der Waals surface area contributed by atoms with Crippen LogP contribution in [0.15, 0.2) is 59.1 Å². The predicted molar refractivity (Wildman–Crippen MR) is 87.9 cm³/mol. The van der Waals surface area contributed by atoms with E-state index < -0.39 is 17.7 Å². The Morgan fingerprint density at radius 1 is 1.12 bits per heavy atom. The van der Waals surface area contributed by atoms with Gasteiger partial charge in [0.15, 0.2) is 0 Å². The Bertz CT molecular complexity index is 725. The van der Waals surface area contributed by atoms with Gasteiger partial charge >= 0.3 is 144 Å². The zero-order chi connectivity index (χ0) is 17.6. The molecule has 0 fully saturated rings. The van der Waals surface area contributed by atoms with E-state index in [4.69, 9.17) is 4.74 Å². The summed E-state index contributed by atoms with van der Waals surface area (Å²) in [5.74, 6) is -0.501. The van der Waals surface area contributed by atoms with Crippen molar-refractivity contribution >= 4 is 31.5 Å². The van der Waals surface area contributed by atoms with Gasteiger partial charge in [0.1, 0.15) is 0 Å². The van der Waals surface area contributed by atoms with Crippen molar-refractivity contribution in [3.05, 3.63) is 70.2 Å². The van der Waals surface area contributed by atoms with Gasteiger partial charge in [-0.2, -0.15) is 0 Å². The molecule has 6 heteroatoms. The first-order valence-electron chi connectivity index (χ1n) is 7.19. The van der Waals surface area contributed by atoms with Gasteiger partial charge in [-0.1, -0.05) is 0 Å². The summed E-state index contributed by atoms with van der Waals surface area (Å²) < 4.78 is 44.8. The Hall–Kier alpha value is -2.04. The van der Waals surface area contributed by atoms with Crippen molar-refractivity contribution in [2.45, 2.75) is 13.1 Å². The van der Waals surface area contributed by atoms with E-state index in [1.165, 1.54) is 18.2 Å². The third-order valence-corrected chi connectivity index (χ3v) is 5.08. The third-order valence-electron chi connectivity index (χ3n) is 2.96. The fourth-order valence-corrected chi connectivity index (χ4v) is 3.76. The monoisotopic (exact) mass is 400 g/mol. The van der Waals surface area contributed by atoms with E-state index in [0.29, 0.717) is 10.0 Å². The summed E-state index contributed by atoms with van der Waals surface area (Å²) >= 11 is -0.359. The van der Waals surface area contributed by atoms with Gasteiger partial charge in [-0.3, -0.25) is 0 Å². The summed E-state index contributed by atoms with van der Waals surface area (Å²) in [5.41, 5.74) is -0.419. The third kappa shape index (κ3) is 5.25. The number of rotatable bonds is 5. The average Bonchev–Trinajstić information content (AvgIpc) is 2.55. The van der Waals surface area contributed by atoms with E-state index in [-0.39, 0.29) is 21.6 Å². The summed E-state index contributed by atoms with van der Waals surface area (Å²) in [6.45, 7) is 1.90. The number of esters is 1. The molecule has 0 bridgehead atoms. The number of ether oxygens (including phenoxy) is 1. The molecule has 0 spiro atoms. The number of carbonyl (C=O) groups is 1. The summed E-state index contributed by atoms with van der Waals surface area (Å²) in [7, 11) is 0. The Morgan fingerprint density at radius 2 is 1.83 bits per heavy atom. The molecule has 24 heavy (non-hydrogen) atoms. The topological polar surface area (TPSA) is 26.3 Å². The minimum atomic E-state index is -4.42. The van der Waals surface area contributed by atoms with E-state index in [9.17, 15) is 18.0 Å².